The summed E-state index contributed by atoms with van der Waals surface area (Å²) < 4.78 is 6.90. The molecule has 2 atom stereocenters. The van der Waals surface area contributed by atoms with Crippen molar-refractivity contribution in [2.45, 2.75) is 133 Å². The van der Waals surface area contributed by atoms with Gasteiger partial charge in [-0.05, 0) is 0 Å². The third-order valence-electron chi connectivity index (χ3n) is 16.9. The fourth-order valence-electron chi connectivity index (χ4n) is 14.4. The Kier molecular flexibility index (Phi) is 14.1. The van der Waals surface area contributed by atoms with Crippen molar-refractivity contribution >= 4 is 65.4 Å². The van der Waals surface area contributed by atoms with Crippen molar-refractivity contribution in [2.75, 3.05) is 0 Å². The van der Waals surface area contributed by atoms with Gasteiger partial charge < -0.3 is 0 Å². The van der Waals surface area contributed by atoms with Crippen molar-refractivity contribution in [1.29, 1.82) is 0 Å². The molecule has 64 heavy (non-hydrogen) atoms. The number of benzene rings is 6. The third-order valence-corrected chi connectivity index (χ3v) is 34.4. The second-order valence-electron chi connectivity index (χ2n) is 22.0. The van der Waals surface area contributed by atoms with Gasteiger partial charge in [-0.1, -0.05) is 0 Å². The maximum absolute atomic E-state index is 4.04. The second kappa shape index (κ2) is 18.9. The Labute approximate surface area is 400 Å². The third kappa shape index (κ3) is 8.70. The fraction of sp³-hybridized carbons (Fsp3) is 0.400. The van der Waals surface area contributed by atoms with Gasteiger partial charge in [0.15, 0.2) is 0 Å². The van der Waals surface area contributed by atoms with Crippen LogP contribution < -0.4 is 0 Å². The molecule has 2 unspecified atom stereocenters. The zero-order valence-electron chi connectivity index (χ0n) is 39.2. The second-order valence-corrected chi connectivity index (χ2v) is 52.4. The van der Waals surface area contributed by atoms with Crippen LogP contribution in [0.3, 0.4) is 0 Å². The van der Waals surface area contributed by atoms with Gasteiger partial charge in [0.25, 0.3) is 0 Å². The van der Waals surface area contributed by atoms with Gasteiger partial charge in [0, 0.05) is 0 Å². The standard InChI is InChI=1S/2C29H31.2CH3.2ClH.H2Si.Zr/c2*1-2-15-29(16-6-3-7-17-29)21-22-18-25-11-8-12-27(28(25)19-22)26-14-13-23-9-4-5-10-24(23)20-26;;;;;;/h2*4-5,8-14,18-20H,2-3,6-7,15-17,21H2,1H3;2*1H3;2*1H;1H2;. The van der Waals surface area contributed by atoms with Crippen molar-refractivity contribution < 1.29 is 17.4 Å². The predicted molar refractivity (Wildman–Crippen MR) is 285 cm³/mol. The number of rotatable bonds is 12. The zero-order valence-corrected chi connectivity index (χ0v) is 44.7. The zero-order chi connectivity index (χ0) is 42.6. The van der Waals surface area contributed by atoms with Crippen LogP contribution in [0.5, 0.6) is 0 Å². The smallest absolute Gasteiger partial charge is 0.147 e. The van der Waals surface area contributed by atoms with Crippen LogP contribution in [0.25, 0.3) is 56.0 Å². The molecule has 6 aromatic carbocycles. The molecular formula is C60H72Cl2SiZr. The molecule has 0 aromatic heterocycles. The Balaban J connectivity index is 0.00000280. The maximum atomic E-state index is 2.94. The molecule has 0 spiro atoms. The first-order valence-corrected chi connectivity index (χ1v) is 38.5. The number of hydrogen-bond acceptors (Lipinski definition) is 0. The van der Waals surface area contributed by atoms with Crippen LogP contribution in [0, 0.1) is 10.8 Å². The average molecular weight is 983 g/mol. The molecule has 4 heteroatoms. The maximum Gasteiger partial charge on any atom is -0.147 e. The molecule has 334 valence electrons. The van der Waals surface area contributed by atoms with Gasteiger partial charge in [0.05, 0.1) is 0 Å². The quantitative estimate of drug-likeness (QED) is 0.107. The average Bonchev–Trinajstić information content (AvgIpc) is 3.86. The summed E-state index contributed by atoms with van der Waals surface area (Å²) in [5.41, 5.74) is 16.4. The summed E-state index contributed by atoms with van der Waals surface area (Å²) in [5.74, 6) is 0. The van der Waals surface area contributed by atoms with Crippen molar-refractivity contribution in [3.05, 3.63) is 155 Å². The first-order valence-electron chi connectivity index (χ1n) is 24.8. The van der Waals surface area contributed by atoms with Crippen molar-refractivity contribution in [3.8, 4) is 22.3 Å². The molecule has 0 N–H and O–H groups in total. The van der Waals surface area contributed by atoms with E-state index in [1.807, 2.05) is 0 Å². The summed E-state index contributed by atoms with van der Waals surface area (Å²) in [4.78, 5) is 0. The van der Waals surface area contributed by atoms with E-state index in [0.29, 0.717) is 18.1 Å². The fourth-order valence-corrected chi connectivity index (χ4v) is 34.1. The molecule has 0 nitrogen and oxygen atoms in total. The van der Waals surface area contributed by atoms with Gasteiger partial charge in [-0.2, -0.15) is 0 Å². The van der Waals surface area contributed by atoms with E-state index in [9.17, 15) is 0 Å². The topological polar surface area (TPSA) is 0 Å². The Morgan fingerprint density at radius 1 is 0.484 bits per heavy atom. The normalized spacial score (nSPS) is 20.1. The van der Waals surface area contributed by atoms with Crippen LogP contribution in [0.15, 0.2) is 132 Å². The molecular weight excluding hydrogens is 911 g/mol. The largest absolute Gasteiger partial charge is 0.147 e. The summed E-state index contributed by atoms with van der Waals surface area (Å²) >= 11 is -4.04. The molecule has 4 aliphatic carbocycles. The van der Waals surface area contributed by atoms with E-state index in [2.05, 4.69) is 163 Å². The number of hydrogen-bond donors (Lipinski definition) is 0. The molecule has 0 aliphatic heterocycles. The van der Waals surface area contributed by atoms with Crippen LogP contribution in [0.1, 0.15) is 146 Å². The van der Waals surface area contributed by atoms with Crippen LogP contribution in [0.4, 0.5) is 0 Å². The summed E-state index contributed by atoms with van der Waals surface area (Å²) in [5, 5.41) is 5.32. The van der Waals surface area contributed by atoms with Gasteiger partial charge >= 0.3 is 379 Å². The molecule has 4 aliphatic rings. The van der Waals surface area contributed by atoms with E-state index in [1.54, 1.807) is 22.3 Å². The molecule has 0 bridgehead atoms. The monoisotopic (exact) mass is 980 g/mol. The van der Waals surface area contributed by atoms with Gasteiger partial charge in [0.1, 0.15) is 0 Å². The predicted octanol–water partition coefficient (Wildman–Crippen LogP) is 18.4. The molecule has 0 radical (unpaired) electrons. The molecule has 0 saturated heterocycles. The summed E-state index contributed by atoms with van der Waals surface area (Å²) in [6, 6.07) is 47.2. The molecule has 0 heterocycles. The number of halogens is 2. The SMILES string of the molecule is CCCC1(CC2=Cc3c(-c4ccc5ccccc5c4)cccc3[CH]2[Zr]([CH3])([CH3])(=[SiH2])[CH]2C(CC3(CCC)CCCCC3)=Cc3c(-c4ccc5ccccc5c4)cccc32)CCCCC1.Cl.Cl. The minimum atomic E-state index is -4.04. The van der Waals surface area contributed by atoms with Crippen LogP contribution in [0.2, 0.25) is 9.26 Å². The van der Waals surface area contributed by atoms with E-state index in [4.69, 9.17) is 0 Å². The summed E-state index contributed by atoms with van der Waals surface area (Å²) in [7, 11) is 0. The molecule has 10 rings (SSSR count). The van der Waals surface area contributed by atoms with E-state index < -0.39 is 17.4 Å². The Morgan fingerprint density at radius 3 is 1.27 bits per heavy atom. The summed E-state index contributed by atoms with van der Waals surface area (Å²) in [6.45, 7) is 7.50. The van der Waals surface area contributed by atoms with E-state index in [0.717, 1.165) is 0 Å². The summed E-state index contributed by atoms with van der Waals surface area (Å²) in [6.07, 6.45) is 27.5. The Morgan fingerprint density at radius 2 is 0.875 bits per heavy atom. The minimum Gasteiger partial charge on any atom is -0.147 e. The van der Waals surface area contributed by atoms with Gasteiger partial charge in [-0.15, -0.1) is 24.8 Å². The van der Waals surface area contributed by atoms with Crippen molar-refractivity contribution in [1.82, 2.24) is 0 Å². The van der Waals surface area contributed by atoms with Gasteiger partial charge in [0.2, 0.25) is 0 Å². The molecule has 2 fully saturated rings. The van der Waals surface area contributed by atoms with Crippen molar-refractivity contribution in [2.24, 2.45) is 10.8 Å². The first kappa shape index (κ1) is 47.5. The number of allylic oxidation sites excluding steroid dienone is 2. The minimum absolute atomic E-state index is 0. The first-order chi connectivity index (χ1) is 30.1. The van der Waals surface area contributed by atoms with Gasteiger partial charge in [-0.25, -0.2) is 0 Å². The molecule has 2 saturated carbocycles. The van der Waals surface area contributed by atoms with Crippen LogP contribution in [-0.4, -0.2) is 6.88 Å². The Bertz CT molecular complexity index is 2590. The van der Waals surface area contributed by atoms with E-state index in [1.165, 1.54) is 158 Å². The van der Waals surface area contributed by atoms with Crippen molar-refractivity contribution in [3.63, 3.8) is 0 Å². The number of fused-ring (bicyclic) bond motifs is 4. The van der Waals surface area contributed by atoms with E-state index in [-0.39, 0.29) is 24.8 Å². The van der Waals surface area contributed by atoms with Gasteiger partial charge in [-0.3, -0.25) is 0 Å². The van der Waals surface area contributed by atoms with Crippen LogP contribution >= 0.6 is 24.8 Å². The Hall–Kier alpha value is -3.00. The van der Waals surface area contributed by atoms with E-state index >= 15 is 0 Å². The molecule has 0 amide bonds. The van der Waals surface area contributed by atoms with Crippen LogP contribution in [-0.2, 0) is 17.4 Å². The molecule has 6 aromatic rings.